The number of benzene rings is 1. The van der Waals surface area contributed by atoms with Crippen LogP contribution in [-0.4, -0.2) is 58.9 Å². The van der Waals surface area contributed by atoms with Gasteiger partial charge in [-0.1, -0.05) is 12.1 Å². The molecule has 3 N–H and O–H groups in total. The van der Waals surface area contributed by atoms with Crippen LogP contribution in [0, 0.1) is 11.3 Å². The number of nitrogens with one attached hydrogen (secondary N) is 2. The number of piperidine rings is 1. The Morgan fingerprint density at radius 2 is 2.10 bits per heavy atom. The molecular formula is C21H28N4O5. The third-order valence-corrected chi connectivity index (χ3v) is 4.55. The molecule has 1 saturated heterocycles. The van der Waals surface area contributed by atoms with E-state index in [0.29, 0.717) is 24.9 Å². The number of nitrogens with zero attached hydrogens (tertiary/aromatic N) is 2. The minimum atomic E-state index is -1.13. The van der Waals surface area contributed by atoms with E-state index in [1.807, 2.05) is 0 Å². The average Bonchev–Trinajstić information content (AvgIpc) is 2.65. The zero-order valence-corrected chi connectivity index (χ0v) is 17.5. The van der Waals surface area contributed by atoms with Crippen LogP contribution in [0.5, 0.6) is 0 Å². The minimum absolute atomic E-state index is 0.182. The first kappa shape index (κ1) is 23.0. The molecule has 3 amide bonds. The molecule has 0 radical (unpaired) electrons. The first-order chi connectivity index (χ1) is 14.1. The largest absolute Gasteiger partial charge is 0.465 e. The van der Waals surface area contributed by atoms with Crippen molar-refractivity contribution in [1.82, 2.24) is 15.5 Å². The van der Waals surface area contributed by atoms with Gasteiger partial charge in [0.15, 0.2) is 0 Å². The number of carbonyl (C=O) groups excluding carboxylic acids is 2. The molecule has 1 fully saturated rings. The molecule has 0 bridgehead atoms. The Balaban J connectivity index is 2.18. The van der Waals surface area contributed by atoms with Gasteiger partial charge in [0.2, 0.25) is 5.91 Å². The Kier molecular flexibility index (Phi) is 7.64. The van der Waals surface area contributed by atoms with Crippen LogP contribution in [0.15, 0.2) is 24.3 Å². The third-order valence-electron chi connectivity index (χ3n) is 4.55. The summed E-state index contributed by atoms with van der Waals surface area (Å²) in [5.74, 6) is -0.319. The average molecular weight is 416 g/mol. The number of amides is 3. The zero-order chi connectivity index (χ0) is 22.3. The lowest BCUT2D eigenvalue weighted by molar-refractivity contribution is -0.134. The first-order valence-corrected chi connectivity index (χ1v) is 9.84. The maximum absolute atomic E-state index is 13.2. The molecule has 9 heteroatoms. The second kappa shape index (κ2) is 9.96. The monoisotopic (exact) mass is 416 g/mol. The van der Waals surface area contributed by atoms with Crippen molar-refractivity contribution in [2.45, 2.75) is 57.7 Å². The van der Waals surface area contributed by atoms with Crippen LogP contribution in [0.1, 0.15) is 44.7 Å². The molecule has 9 nitrogen and oxygen atoms in total. The van der Waals surface area contributed by atoms with Crippen molar-refractivity contribution in [2.75, 3.05) is 13.1 Å². The van der Waals surface area contributed by atoms with Crippen molar-refractivity contribution in [3.63, 3.8) is 0 Å². The van der Waals surface area contributed by atoms with Crippen LogP contribution in [-0.2, 0) is 16.0 Å². The van der Waals surface area contributed by atoms with Gasteiger partial charge >= 0.3 is 12.2 Å². The van der Waals surface area contributed by atoms with Crippen LogP contribution in [0.2, 0.25) is 0 Å². The number of hydrogen-bond acceptors (Lipinski definition) is 5. The van der Waals surface area contributed by atoms with Crippen LogP contribution in [0.3, 0.4) is 0 Å². The van der Waals surface area contributed by atoms with Gasteiger partial charge in [-0.2, -0.15) is 5.26 Å². The highest BCUT2D eigenvalue weighted by Gasteiger charge is 2.31. The topological polar surface area (TPSA) is 132 Å². The predicted octanol–water partition coefficient (Wildman–Crippen LogP) is 2.25. The van der Waals surface area contributed by atoms with Gasteiger partial charge in [-0.05, 0) is 51.3 Å². The lowest BCUT2D eigenvalue weighted by Crippen LogP contribution is -2.56. The van der Waals surface area contributed by atoms with Gasteiger partial charge in [0.05, 0.1) is 11.6 Å². The van der Waals surface area contributed by atoms with E-state index in [1.165, 1.54) is 0 Å². The zero-order valence-electron chi connectivity index (χ0n) is 17.5. The van der Waals surface area contributed by atoms with E-state index in [9.17, 15) is 14.4 Å². The molecule has 2 atom stereocenters. The quantitative estimate of drug-likeness (QED) is 0.674. The molecule has 0 spiro atoms. The van der Waals surface area contributed by atoms with E-state index < -0.39 is 23.8 Å². The molecule has 2 unspecified atom stereocenters. The Labute approximate surface area is 176 Å². The normalized spacial score (nSPS) is 17.4. The Hall–Kier alpha value is -3.28. The molecule has 0 saturated carbocycles. The molecule has 1 aromatic carbocycles. The molecule has 1 aliphatic rings. The van der Waals surface area contributed by atoms with E-state index in [1.54, 1.807) is 49.9 Å². The highest BCUT2D eigenvalue weighted by Crippen LogP contribution is 2.15. The van der Waals surface area contributed by atoms with Gasteiger partial charge in [0, 0.05) is 25.6 Å². The van der Waals surface area contributed by atoms with Gasteiger partial charge in [0.25, 0.3) is 0 Å². The number of rotatable bonds is 5. The first-order valence-electron chi connectivity index (χ1n) is 9.84. The summed E-state index contributed by atoms with van der Waals surface area (Å²) in [4.78, 5) is 38.0. The van der Waals surface area contributed by atoms with Crippen molar-refractivity contribution in [2.24, 2.45) is 0 Å². The molecular weight excluding hydrogens is 388 g/mol. The maximum Gasteiger partial charge on any atom is 0.408 e. The Bertz CT molecular complexity index is 827. The van der Waals surface area contributed by atoms with E-state index >= 15 is 0 Å². The fourth-order valence-electron chi connectivity index (χ4n) is 3.34. The van der Waals surface area contributed by atoms with E-state index in [4.69, 9.17) is 15.1 Å². The molecule has 162 valence electrons. The summed E-state index contributed by atoms with van der Waals surface area (Å²) in [5, 5.41) is 23.1. The summed E-state index contributed by atoms with van der Waals surface area (Å²) < 4.78 is 5.30. The van der Waals surface area contributed by atoms with Crippen LogP contribution < -0.4 is 10.6 Å². The molecule has 1 aromatic rings. The summed E-state index contributed by atoms with van der Waals surface area (Å²) in [6, 6.07) is 7.62. The lowest BCUT2D eigenvalue weighted by atomic mass is 10.0. The van der Waals surface area contributed by atoms with Crippen molar-refractivity contribution in [1.29, 1.82) is 5.26 Å². The standard InChI is InChI=1S/C21H28N4O5/c1-21(2,3)30-20(29)24-17(11-14-6-4-7-15(10-14)12-22)18(26)25-9-5-8-16(13-25)23-19(27)28/h4,6-7,10,16-17,23H,5,8-9,11,13H2,1-3H3,(H,24,29)(H,27,28). The van der Waals surface area contributed by atoms with Gasteiger partial charge in [-0.25, -0.2) is 9.59 Å². The highest BCUT2D eigenvalue weighted by molar-refractivity contribution is 5.86. The number of nitriles is 1. The number of ether oxygens (including phenoxy) is 1. The molecule has 1 heterocycles. The summed E-state index contributed by atoms with van der Waals surface area (Å²) in [6.45, 7) is 5.89. The minimum Gasteiger partial charge on any atom is -0.465 e. The maximum atomic E-state index is 13.2. The van der Waals surface area contributed by atoms with Crippen molar-refractivity contribution in [3.8, 4) is 6.07 Å². The van der Waals surface area contributed by atoms with Gasteiger partial charge < -0.3 is 25.4 Å². The number of alkyl carbamates (subject to hydrolysis) is 1. The smallest absolute Gasteiger partial charge is 0.408 e. The van der Waals surface area contributed by atoms with E-state index in [0.717, 1.165) is 5.56 Å². The summed E-state index contributed by atoms with van der Waals surface area (Å²) in [5.41, 5.74) is 0.459. The highest BCUT2D eigenvalue weighted by atomic mass is 16.6. The summed E-state index contributed by atoms with van der Waals surface area (Å²) in [7, 11) is 0. The number of likely N-dealkylation sites (tertiary alicyclic amines) is 1. The second-order valence-electron chi connectivity index (χ2n) is 8.29. The number of carboxylic acid groups (broad SMARTS) is 1. The molecule has 30 heavy (non-hydrogen) atoms. The Morgan fingerprint density at radius 3 is 2.73 bits per heavy atom. The fraction of sp³-hybridized carbons (Fsp3) is 0.524. The van der Waals surface area contributed by atoms with Crippen molar-refractivity contribution < 1.29 is 24.2 Å². The molecule has 2 rings (SSSR count). The van der Waals surface area contributed by atoms with Crippen molar-refractivity contribution >= 4 is 18.1 Å². The third kappa shape index (κ3) is 7.28. The summed E-state index contributed by atoms with van der Waals surface area (Å²) >= 11 is 0. The molecule has 1 aliphatic heterocycles. The van der Waals surface area contributed by atoms with Crippen LogP contribution in [0.25, 0.3) is 0 Å². The number of hydrogen-bond donors (Lipinski definition) is 3. The van der Waals surface area contributed by atoms with Gasteiger partial charge in [-0.3, -0.25) is 4.79 Å². The van der Waals surface area contributed by atoms with Gasteiger partial charge in [0.1, 0.15) is 11.6 Å². The van der Waals surface area contributed by atoms with Crippen molar-refractivity contribution in [3.05, 3.63) is 35.4 Å². The van der Waals surface area contributed by atoms with Crippen LogP contribution in [0.4, 0.5) is 9.59 Å². The van der Waals surface area contributed by atoms with E-state index in [2.05, 4.69) is 16.7 Å². The van der Waals surface area contributed by atoms with Crippen LogP contribution >= 0.6 is 0 Å². The Morgan fingerprint density at radius 1 is 1.37 bits per heavy atom. The van der Waals surface area contributed by atoms with Gasteiger partial charge in [-0.15, -0.1) is 0 Å². The number of carbonyl (C=O) groups is 3. The molecule has 0 aromatic heterocycles. The SMILES string of the molecule is CC(C)(C)OC(=O)NC(Cc1cccc(C#N)c1)C(=O)N1CCCC(NC(=O)O)C1. The summed E-state index contributed by atoms with van der Waals surface area (Å²) in [6.07, 6.45) is -0.369. The fourth-order valence-corrected chi connectivity index (χ4v) is 3.34. The lowest BCUT2D eigenvalue weighted by Gasteiger charge is -2.35. The second-order valence-corrected chi connectivity index (χ2v) is 8.29. The predicted molar refractivity (Wildman–Crippen MR) is 109 cm³/mol. The molecule has 0 aliphatic carbocycles. The van der Waals surface area contributed by atoms with E-state index in [-0.39, 0.29) is 24.9 Å².